The molecule has 6 nitrogen and oxygen atoms in total. The third-order valence-electron chi connectivity index (χ3n) is 5.28. The van der Waals surface area contributed by atoms with Gasteiger partial charge in [0.1, 0.15) is 0 Å². The Hall–Kier alpha value is -2.54. The van der Waals surface area contributed by atoms with Crippen LogP contribution in [0.15, 0.2) is 46.3 Å². The molecule has 1 aliphatic heterocycles. The summed E-state index contributed by atoms with van der Waals surface area (Å²) in [5, 5.41) is 6.65. The van der Waals surface area contributed by atoms with E-state index < -0.39 is 9.84 Å². The molecular formula is C22H30N4O2S. The van der Waals surface area contributed by atoms with E-state index in [1.54, 1.807) is 13.1 Å². The summed E-state index contributed by atoms with van der Waals surface area (Å²) in [4.78, 5) is 6.98. The third-order valence-corrected chi connectivity index (χ3v) is 6.53. The number of nitrogens with one attached hydrogen (secondary N) is 2. The first kappa shape index (κ1) is 21.2. The molecule has 1 heterocycles. The number of nitrogens with zero attached hydrogens (tertiary/aromatic N) is 2. The highest BCUT2D eigenvalue weighted by atomic mass is 32.2. The maximum absolute atomic E-state index is 11.8. The van der Waals surface area contributed by atoms with E-state index in [1.807, 2.05) is 19.1 Å². The van der Waals surface area contributed by atoms with Gasteiger partial charge in [-0.3, -0.25) is 4.99 Å². The van der Waals surface area contributed by atoms with E-state index in [0.29, 0.717) is 23.9 Å². The quantitative estimate of drug-likeness (QED) is 0.581. The van der Waals surface area contributed by atoms with Crippen molar-refractivity contribution in [2.45, 2.75) is 37.8 Å². The molecule has 0 unspecified atom stereocenters. The molecule has 156 valence electrons. The largest absolute Gasteiger partial charge is 0.374 e. The van der Waals surface area contributed by atoms with Gasteiger partial charge >= 0.3 is 0 Å². The number of guanidine groups is 1. The molecule has 0 atom stereocenters. The van der Waals surface area contributed by atoms with Crippen molar-refractivity contribution in [3.05, 3.63) is 58.7 Å². The lowest BCUT2D eigenvalue weighted by Crippen LogP contribution is -2.36. The summed E-state index contributed by atoms with van der Waals surface area (Å²) >= 11 is 0. The summed E-state index contributed by atoms with van der Waals surface area (Å²) in [6.07, 6.45) is 3.56. The minimum Gasteiger partial charge on any atom is -0.374 e. The fourth-order valence-electron chi connectivity index (χ4n) is 3.78. The minimum absolute atomic E-state index is 0.377. The Labute approximate surface area is 174 Å². The number of benzene rings is 2. The molecule has 2 aromatic rings. The van der Waals surface area contributed by atoms with E-state index in [0.717, 1.165) is 24.1 Å². The van der Waals surface area contributed by atoms with Crippen LogP contribution in [0.25, 0.3) is 0 Å². The van der Waals surface area contributed by atoms with E-state index >= 15 is 0 Å². The molecule has 29 heavy (non-hydrogen) atoms. The molecule has 3 rings (SSSR count). The van der Waals surface area contributed by atoms with Crippen molar-refractivity contribution >= 4 is 21.5 Å². The monoisotopic (exact) mass is 414 g/mol. The summed E-state index contributed by atoms with van der Waals surface area (Å²) in [5.74, 6) is 0.713. The Balaban J connectivity index is 1.58. The SMILES string of the molecule is CN=C(NCc1ccc(S(C)(=O)=O)c(C)c1)NCc1ccc2c(c1)CCCN2C. The Morgan fingerprint density at radius 1 is 1.10 bits per heavy atom. The van der Waals surface area contributed by atoms with Crippen molar-refractivity contribution in [2.24, 2.45) is 4.99 Å². The lowest BCUT2D eigenvalue weighted by molar-refractivity contribution is 0.601. The van der Waals surface area contributed by atoms with E-state index in [1.165, 1.54) is 29.5 Å². The molecule has 7 heteroatoms. The normalized spacial score (nSPS) is 14.5. The van der Waals surface area contributed by atoms with Crippen molar-refractivity contribution in [2.75, 3.05) is 31.8 Å². The number of fused-ring (bicyclic) bond motifs is 1. The summed E-state index contributed by atoms with van der Waals surface area (Å²) in [6.45, 7) is 4.20. The topological polar surface area (TPSA) is 73.8 Å². The first-order chi connectivity index (χ1) is 13.8. The van der Waals surface area contributed by atoms with Crippen molar-refractivity contribution < 1.29 is 8.42 Å². The van der Waals surface area contributed by atoms with Crippen LogP contribution in [-0.4, -0.2) is 41.3 Å². The zero-order chi connectivity index (χ0) is 21.0. The second kappa shape index (κ2) is 8.86. The lowest BCUT2D eigenvalue weighted by atomic mass is 9.99. The number of rotatable bonds is 5. The summed E-state index contributed by atoms with van der Waals surface area (Å²) < 4.78 is 23.5. The highest BCUT2D eigenvalue weighted by Gasteiger charge is 2.14. The van der Waals surface area contributed by atoms with Crippen molar-refractivity contribution in [3.63, 3.8) is 0 Å². The molecule has 0 saturated carbocycles. The zero-order valence-electron chi connectivity index (χ0n) is 17.6. The van der Waals surface area contributed by atoms with Crippen LogP contribution in [0.5, 0.6) is 0 Å². The van der Waals surface area contributed by atoms with Gasteiger partial charge < -0.3 is 15.5 Å². The smallest absolute Gasteiger partial charge is 0.191 e. The van der Waals surface area contributed by atoms with Gasteiger partial charge in [0, 0.05) is 45.7 Å². The number of hydrogen-bond donors (Lipinski definition) is 2. The number of aliphatic imine (C=N–C) groups is 1. The molecule has 0 aliphatic carbocycles. The number of anilines is 1. The number of hydrogen-bond acceptors (Lipinski definition) is 4. The van der Waals surface area contributed by atoms with E-state index in [-0.39, 0.29) is 0 Å². The maximum atomic E-state index is 11.8. The van der Waals surface area contributed by atoms with Gasteiger partial charge in [-0.2, -0.15) is 0 Å². The molecule has 0 fully saturated rings. The number of aryl methyl sites for hydroxylation is 2. The van der Waals surface area contributed by atoms with Crippen LogP contribution in [0.1, 0.15) is 28.7 Å². The van der Waals surface area contributed by atoms with Gasteiger partial charge in [-0.25, -0.2) is 8.42 Å². The summed E-state index contributed by atoms with van der Waals surface area (Å²) in [7, 11) is 0.695. The van der Waals surface area contributed by atoms with E-state index in [2.05, 4.69) is 45.8 Å². The van der Waals surface area contributed by atoms with Crippen LogP contribution in [0.2, 0.25) is 0 Å². The fourth-order valence-corrected chi connectivity index (χ4v) is 4.74. The molecule has 0 spiro atoms. The number of sulfone groups is 1. The molecule has 1 aliphatic rings. The van der Waals surface area contributed by atoms with Crippen LogP contribution >= 0.6 is 0 Å². The first-order valence-electron chi connectivity index (χ1n) is 9.85. The van der Waals surface area contributed by atoms with Gasteiger partial charge in [-0.1, -0.05) is 24.3 Å². The summed E-state index contributed by atoms with van der Waals surface area (Å²) in [5.41, 5.74) is 5.73. The Bertz CT molecular complexity index is 1020. The summed E-state index contributed by atoms with van der Waals surface area (Å²) in [6, 6.07) is 12.0. The van der Waals surface area contributed by atoms with E-state index in [4.69, 9.17) is 0 Å². The second-order valence-electron chi connectivity index (χ2n) is 7.64. The van der Waals surface area contributed by atoms with Crippen LogP contribution in [0.4, 0.5) is 5.69 Å². The van der Waals surface area contributed by atoms with Crippen LogP contribution in [0, 0.1) is 6.92 Å². The van der Waals surface area contributed by atoms with Crippen molar-refractivity contribution in [3.8, 4) is 0 Å². The Morgan fingerprint density at radius 3 is 2.38 bits per heavy atom. The lowest BCUT2D eigenvalue weighted by Gasteiger charge is -2.28. The average molecular weight is 415 g/mol. The van der Waals surface area contributed by atoms with E-state index in [9.17, 15) is 8.42 Å². The van der Waals surface area contributed by atoms with Gasteiger partial charge in [0.25, 0.3) is 0 Å². The molecule has 0 aromatic heterocycles. The molecule has 0 radical (unpaired) electrons. The van der Waals surface area contributed by atoms with Gasteiger partial charge in [0.2, 0.25) is 0 Å². The third kappa shape index (κ3) is 5.29. The molecule has 0 amide bonds. The highest BCUT2D eigenvalue weighted by Crippen LogP contribution is 2.26. The fraction of sp³-hybridized carbons (Fsp3) is 0.409. The molecule has 2 N–H and O–H groups in total. The predicted molar refractivity (Wildman–Crippen MR) is 119 cm³/mol. The molecular weight excluding hydrogens is 384 g/mol. The minimum atomic E-state index is -3.20. The van der Waals surface area contributed by atoms with Crippen molar-refractivity contribution in [1.29, 1.82) is 0 Å². The molecule has 0 bridgehead atoms. The maximum Gasteiger partial charge on any atom is 0.191 e. The standard InChI is InChI=1S/C22H30N4O2S/c1-16-12-17(8-10-21(16)29(4,27)28)14-24-22(23-2)25-15-18-7-9-20-19(13-18)6-5-11-26(20)3/h7-10,12-13H,5-6,11,14-15H2,1-4H3,(H2,23,24,25). The Kier molecular flexibility index (Phi) is 6.47. The van der Waals surface area contributed by atoms with Gasteiger partial charge in [-0.15, -0.1) is 0 Å². The second-order valence-corrected chi connectivity index (χ2v) is 9.62. The van der Waals surface area contributed by atoms with Crippen LogP contribution in [-0.2, 0) is 29.3 Å². The Morgan fingerprint density at radius 2 is 1.76 bits per heavy atom. The van der Waals surface area contributed by atoms with Crippen LogP contribution < -0.4 is 15.5 Å². The zero-order valence-corrected chi connectivity index (χ0v) is 18.4. The van der Waals surface area contributed by atoms with Gasteiger partial charge in [0.05, 0.1) is 4.90 Å². The van der Waals surface area contributed by atoms with Crippen molar-refractivity contribution in [1.82, 2.24) is 10.6 Å². The van der Waals surface area contributed by atoms with Gasteiger partial charge in [0.15, 0.2) is 15.8 Å². The average Bonchev–Trinajstić information content (AvgIpc) is 2.67. The van der Waals surface area contributed by atoms with Gasteiger partial charge in [-0.05, 0) is 54.2 Å². The highest BCUT2D eigenvalue weighted by molar-refractivity contribution is 7.90. The van der Waals surface area contributed by atoms with Crippen LogP contribution in [0.3, 0.4) is 0 Å². The first-order valence-corrected chi connectivity index (χ1v) is 11.7. The molecule has 0 saturated heterocycles. The predicted octanol–water partition coefficient (Wildman–Crippen LogP) is 2.65. The molecule has 2 aromatic carbocycles.